The van der Waals surface area contributed by atoms with Crippen LogP contribution in [0.5, 0.6) is 5.75 Å². The van der Waals surface area contributed by atoms with E-state index in [0.717, 1.165) is 12.0 Å². The van der Waals surface area contributed by atoms with Crippen molar-refractivity contribution in [3.05, 3.63) is 65.2 Å². The van der Waals surface area contributed by atoms with Crippen molar-refractivity contribution in [3.63, 3.8) is 0 Å². The van der Waals surface area contributed by atoms with Crippen LogP contribution in [0, 0.1) is 17.2 Å². The van der Waals surface area contributed by atoms with E-state index in [2.05, 4.69) is 12.2 Å². The fourth-order valence-corrected chi connectivity index (χ4v) is 2.82. The predicted octanol–water partition coefficient (Wildman–Crippen LogP) is 3.56. The van der Waals surface area contributed by atoms with Crippen molar-refractivity contribution in [1.29, 1.82) is 5.26 Å². The Labute approximate surface area is 171 Å². The summed E-state index contributed by atoms with van der Waals surface area (Å²) in [5.74, 6) is -0.588. The maximum atomic E-state index is 12.3. The number of amides is 1. The first-order valence-electron chi connectivity index (χ1n) is 9.60. The van der Waals surface area contributed by atoms with Gasteiger partial charge < -0.3 is 14.8 Å². The Morgan fingerprint density at radius 1 is 1.07 bits per heavy atom. The number of nitrogens with zero attached hydrogens (tertiary/aromatic N) is 1. The van der Waals surface area contributed by atoms with Gasteiger partial charge in [-0.15, -0.1) is 0 Å². The van der Waals surface area contributed by atoms with Crippen LogP contribution >= 0.6 is 0 Å². The zero-order chi connectivity index (χ0) is 21.2. The van der Waals surface area contributed by atoms with Gasteiger partial charge in [0.05, 0.1) is 11.6 Å². The summed E-state index contributed by atoms with van der Waals surface area (Å²) in [4.78, 5) is 24.1. The number of esters is 1. The third kappa shape index (κ3) is 6.65. The SMILES string of the molecule is CCc1ccc([C@@H](NC(=O)COC(=O)COc2ccccc2C#N)C(C)C)cc1. The number of hydrogen-bond acceptors (Lipinski definition) is 5. The molecule has 2 aromatic rings. The molecular weight excluding hydrogens is 368 g/mol. The Morgan fingerprint density at radius 2 is 1.76 bits per heavy atom. The maximum absolute atomic E-state index is 12.3. The van der Waals surface area contributed by atoms with Crippen LogP contribution in [-0.2, 0) is 20.7 Å². The molecule has 2 aromatic carbocycles. The topological polar surface area (TPSA) is 88.4 Å². The Bertz CT molecular complexity index is 869. The molecule has 29 heavy (non-hydrogen) atoms. The number of para-hydroxylation sites is 1. The zero-order valence-corrected chi connectivity index (χ0v) is 17.0. The van der Waals surface area contributed by atoms with Crippen molar-refractivity contribution in [3.8, 4) is 11.8 Å². The number of rotatable bonds is 9. The Hall–Kier alpha value is -3.33. The molecule has 0 spiro atoms. The first-order chi connectivity index (χ1) is 13.9. The highest BCUT2D eigenvalue weighted by Gasteiger charge is 2.19. The summed E-state index contributed by atoms with van der Waals surface area (Å²) in [6.07, 6.45) is 0.954. The summed E-state index contributed by atoms with van der Waals surface area (Å²) in [6.45, 7) is 5.36. The second-order valence-corrected chi connectivity index (χ2v) is 6.94. The van der Waals surface area contributed by atoms with Gasteiger partial charge in [-0.25, -0.2) is 4.79 Å². The van der Waals surface area contributed by atoms with Crippen molar-refractivity contribution in [2.24, 2.45) is 5.92 Å². The first-order valence-corrected chi connectivity index (χ1v) is 9.60. The normalized spacial score (nSPS) is 11.4. The van der Waals surface area contributed by atoms with E-state index < -0.39 is 12.6 Å². The number of carbonyl (C=O) groups is 2. The summed E-state index contributed by atoms with van der Waals surface area (Å²) in [5.41, 5.74) is 2.56. The average Bonchev–Trinajstić information content (AvgIpc) is 2.74. The predicted molar refractivity (Wildman–Crippen MR) is 109 cm³/mol. The maximum Gasteiger partial charge on any atom is 0.344 e. The molecule has 0 aromatic heterocycles. The molecule has 0 aliphatic rings. The third-order valence-electron chi connectivity index (χ3n) is 4.45. The van der Waals surface area contributed by atoms with Gasteiger partial charge >= 0.3 is 5.97 Å². The molecule has 6 heteroatoms. The molecule has 0 saturated carbocycles. The highest BCUT2D eigenvalue weighted by molar-refractivity contribution is 5.81. The van der Waals surface area contributed by atoms with E-state index in [0.29, 0.717) is 11.3 Å². The van der Waals surface area contributed by atoms with Crippen LogP contribution in [-0.4, -0.2) is 25.1 Å². The number of nitriles is 1. The Morgan fingerprint density at radius 3 is 2.38 bits per heavy atom. The zero-order valence-electron chi connectivity index (χ0n) is 17.0. The molecule has 1 atom stereocenters. The molecule has 0 bridgehead atoms. The number of aryl methyl sites for hydroxylation is 1. The molecular formula is C23H26N2O4. The lowest BCUT2D eigenvalue weighted by atomic mass is 9.95. The fraction of sp³-hybridized carbons (Fsp3) is 0.348. The summed E-state index contributed by atoms with van der Waals surface area (Å²) in [5, 5.41) is 11.9. The van der Waals surface area contributed by atoms with Crippen molar-refractivity contribution < 1.29 is 19.1 Å². The van der Waals surface area contributed by atoms with E-state index in [1.165, 1.54) is 5.56 Å². The van der Waals surface area contributed by atoms with E-state index in [1.54, 1.807) is 24.3 Å². The standard InChI is InChI=1S/C23H26N2O4/c1-4-17-9-11-18(12-10-17)23(16(2)3)25-21(26)14-29-22(27)15-28-20-8-6-5-7-19(20)13-24/h5-12,16,23H,4,14-15H2,1-3H3,(H,25,26)/t23-/m0/s1. The minimum absolute atomic E-state index is 0.174. The molecule has 1 amide bonds. The minimum atomic E-state index is -0.679. The highest BCUT2D eigenvalue weighted by Crippen LogP contribution is 2.22. The second kappa shape index (κ2) is 10.9. The lowest BCUT2D eigenvalue weighted by molar-refractivity contribution is -0.150. The van der Waals surface area contributed by atoms with E-state index in [-0.39, 0.29) is 24.5 Å². The van der Waals surface area contributed by atoms with Crippen LogP contribution in [0.1, 0.15) is 43.5 Å². The lowest BCUT2D eigenvalue weighted by Crippen LogP contribution is -2.35. The highest BCUT2D eigenvalue weighted by atomic mass is 16.6. The first kappa shape index (κ1) is 22.0. The van der Waals surface area contributed by atoms with E-state index in [4.69, 9.17) is 14.7 Å². The molecule has 0 fully saturated rings. The molecule has 0 saturated heterocycles. The molecule has 152 valence electrons. The molecule has 0 heterocycles. The third-order valence-corrected chi connectivity index (χ3v) is 4.45. The summed E-state index contributed by atoms with van der Waals surface area (Å²) in [7, 11) is 0. The van der Waals surface area contributed by atoms with Gasteiger partial charge in [0.25, 0.3) is 5.91 Å². The second-order valence-electron chi connectivity index (χ2n) is 6.94. The van der Waals surface area contributed by atoms with Gasteiger partial charge in [0.1, 0.15) is 11.8 Å². The summed E-state index contributed by atoms with van der Waals surface area (Å²) >= 11 is 0. The van der Waals surface area contributed by atoms with Crippen LogP contribution in [0.15, 0.2) is 48.5 Å². The van der Waals surface area contributed by atoms with Gasteiger partial charge in [0.2, 0.25) is 0 Å². The Balaban J connectivity index is 1.85. The summed E-state index contributed by atoms with van der Waals surface area (Å²) < 4.78 is 10.3. The number of benzene rings is 2. The number of ether oxygens (including phenoxy) is 2. The van der Waals surface area contributed by atoms with Crippen LogP contribution in [0.4, 0.5) is 0 Å². The van der Waals surface area contributed by atoms with Crippen LogP contribution in [0.25, 0.3) is 0 Å². The van der Waals surface area contributed by atoms with Crippen molar-refractivity contribution in [2.45, 2.75) is 33.2 Å². The van der Waals surface area contributed by atoms with Gasteiger partial charge in [0, 0.05) is 0 Å². The monoisotopic (exact) mass is 394 g/mol. The van der Waals surface area contributed by atoms with Crippen LogP contribution in [0.2, 0.25) is 0 Å². The average molecular weight is 394 g/mol. The smallest absolute Gasteiger partial charge is 0.344 e. The van der Waals surface area contributed by atoms with E-state index in [9.17, 15) is 9.59 Å². The molecule has 0 unspecified atom stereocenters. The molecule has 6 nitrogen and oxygen atoms in total. The molecule has 1 N–H and O–H groups in total. The van der Waals surface area contributed by atoms with Gasteiger partial charge in [-0.2, -0.15) is 5.26 Å². The largest absolute Gasteiger partial charge is 0.481 e. The van der Waals surface area contributed by atoms with Gasteiger partial charge in [-0.3, -0.25) is 4.79 Å². The van der Waals surface area contributed by atoms with Crippen molar-refractivity contribution in [1.82, 2.24) is 5.32 Å². The van der Waals surface area contributed by atoms with E-state index in [1.807, 2.05) is 44.2 Å². The number of hydrogen-bond donors (Lipinski definition) is 1. The number of carbonyl (C=O) groups excluding carboxylic acids is 2. The summed E-state index contributed by atoms with van der Waals surface area (Å²) in [6, 6.07) is 16.5. The molecule has 2 rings (SSSR count). The minimum Gasteiger partial charge on any atom is -0.481 e. The molecule has 0 aliphatic heterocycles. The van der Waals surface area contributed by atoms with Crippen LogP contribution in [0.3, 0.4) is 0 Å². The quantitative estimate of drug-likeness (QED) is 0.657. The van der Waals surface area contributed by atoms with Crippen LogP contribution < -0.4 is 10.1 Å². The van der Waals surface area contributed by atoms with Gasteiger partial charge in [-0.05, 0) is 35.6 Å². The Kier molecular flexibility index (Phi) is 8.23. The number of nitrogens with one attached hydrogen (secondary N) is 1. The van der Waals surface area contributed by atoms with Crippen molar-refractivity contribution >= 4 is 11.9 Å². The van der Waals surface area contributed by atoms with Gasteiger partial charge in [-0.1, -0.05) is 57.2 Å². The molecule has 0 radical (unpaired) electrons. The van der Waals surface area contributed by atoms with Gasteiger partial charge in [0.15, 0.2) is 13.2 Å². The van der Waals surface area contributed by atoms with Crippen molar-refractivity contribution in [2.75, 3.05) is 13.2 Å². The van der Waals surface area contributed by atoms with E-state index >= 15 is 0 Å². The molecule has 0 aliphatic carbocycles. The fourth-order valence-electron chi connectivity index (χ4n) is 2.82. The lowest BCUT2D eigenvalue weighted by Gasteiger charge is -2.23.